The highest BCUT2D eigenvalue weighted by Gasteiger charge is 2.23. The van der Waals surface area contributed by atoms with E-state index in [1.807, 2.05) is 0 Å². The molecule has 2 N–H and O–H groups in total. The van der Waals surface area contributed by atoms with Crippen LogP contribution in [0.4, 0.5) is 5.69 Å². The molecule has 0 spiro atoms. The molecule has 0 aliphatic carbocycles. The number of Topliss-reactive ketones (excluding diaryl/α,β-unsaturated/α-hetero) is 1. The minimum Gasteiger partial charge on any atom is -0.354 e. The quantitative estimate of drug-likeness (QED) is 0.622. The van der Waals surface area contributed by atoms with Crippen molar-refractivity contribution in [3.05, 3.63) is 74.4 Å². The Hall–Kier alpha value is -2.77. The summed E-state index contributed by atoms with van der Waals surface area (Å²) in [6.45, 7) is 0. The number of nitrogens with one attached hydrogen (secondary N) is 2. The number of likely N-dealkylation sites (N-methyl/N-ethyl adjacent to an activating group) is 1. The molecule has 1 heterocycles. The third-order valence-electron chi connectivity index (χ3n) is 4.32. The summed E-state index contributed by atoms with van der Waals surface area (Å²) < 4.78 is 0.782. The number of hydrogen-bond donors (Lipinski definition) is 2. The molecule has 1 aliphatic rings. The fourth-order valence-electron chi connectivity index (χ4n) is 2.82. The molecular formula is C21H17BrClN3O3. The highest BCUT2D eigenvalue weighted by atomic mass is 79.9. The summed E-state index contributed by atoms with van der Waals surface area (Å²) >= 11 is 9.45. The Kier molecular flexibility index (Phi) is 6.61. The number of amides is 2. The van der Waals surface area contributed by atoms with Gasteiger partial charge in [-0.05, 0) is 35.9 Å². The summed E-state index contributed by atoms with van der Waals surface area (Å²) in [5.41, 5.74) is 2.24. The average Bonchev–Trinajstić information content (AvgIpc) is 3.20. The number of aliphatic imine (C=N–C) groups is 1. The SMILES string of the molecule is CNC(=O)C1=C(C(=O)Nc2ccc(CC(=O)c3cc(Br)ccc3Cl)cc2)CC=N1. The van der Waals surface area contributed by atoms with Gasteiger partial charge in [-0.1, -0.05) is 39.7 Å². The van der Waals surface area contributed by atoms with Crippen molar-refractivity contribution in [3.8, 4) is 0 Å². The number of carbonyl (C=O) groups excluding carboxylic acids is 3. The second kappa shape index (κ2) is 9.15. The molecule has 0 saturated heterocycles. The van der Waals surface area contributed by atoms with E-state index in [4.69, 9.17) is 11.6 Å². The van der Waals surface area contributed by atoms with Gasteiger partial charge in [-0.25, -0.2) is 0 Å². The molecule has 0 atom stereocenters. The van der Waals surface area contributed by atoms with Gasteiger partial charge in [0.15, 0.2) is 5.78 Å². The summed E-state index contributed by atoms with van der Waals surface area (Å²) in [5, 5.41) is 5.62. The van der Waals surface area contributed by atoms with Gasteiger partial charge in [0.05, 0.1) is 10.6 Å². The first-order valence-corrected chi connectivity index (χ1v) is 9.92. The molecule has 3 rings (SSSR count). The molecule has 2 aromatic carbocycles. The van der Waals surface area contributed by atoms with Gasteiger partial charge in [0.2, 0.25) is 0 Å². The number of ketones is 1. The second-order valence-electron chi connectivity index (χ2n) is 6.30. The number of carbonyl (C=O) groups is 3. The van der Waals surface area contributed by atoms with Gasteiger partial charge in [0.25, 0.3) is 11.8 Å². The predicted molar refractivity (Wildman–Crippen MR) is 116 cm³/mol. The molecule has 0 fully saturated rings. The molecule has 2 amide bonds. The van der Waals surface area contributed by atoms with E-state index in [9.17, 15) is 14.4 Å². The van der Waals surface area contributed by atoms with E-state index >= 15 is 0 Å². The van der Waals surface area contributed by atoms with Crippen LogP contribution in [0.1, 0.15) is 22.3 Å². The van der Waals surface area contributed by atoms with E-state index in [0.29, 0.717) is 28.3 Å². The molecule has 8 heteroatoms. The zero-order valence-corrected chi connectivity index (χ0v) is 17.8. The van der Waals surface area contributed by atoms with Crippen molar-refractivity contribution in [1.82, 2.24) is 5.32 Å². The fraction of sp³-hybridized carbons (Fsp3) is 0.143. The number of rotatable bonds is 6. The van der Waals surface area contributed by atoms with Crippen LogP contribution in [-0.4, -0.2) is 30.9 Å². The van der Waals surface area contributed by atoms with Crippen molar-refractivity contribution < 1.29 is 14.4 Å². The van der Waals surface area contributed by atoms with Gasteiger partial charge < -0.3 is 10.6 Å². The van der Waals surface area contributed by atoms with Crippen LogP contribution < -0.4 is 10.6 Å². The minimum absolute atomic E-state index is 0.100. The number of hydrogen-bond acceptors (Lipinski definition) is 4. The topological polar surface area (TPSA) is 87.6 Å². The molecule has 0 unspecified atom stereocenters. The summed E-state index contributed by atoms with van der Waals surface area (Å²) in [5.74, 6) is -0.883. The normalized spacial score (nSPS) is 12.8. The lowest BCUT2D eigenvalue weighted by Gasteiger charge is -2.09. The first kappa shape index (κ1) is 21.0. The van der Waals surface area contributed by atoms with Crippen LogP contribution in [0.15, 0.2) is 63.2 Å². The van der Waals surface area contributed by atoms with Crippen LogP contribution in [0.5, 0.6) is 0 Å². The first-order chi connectivity index (χ1) is 13.9. The number of nitrogens with zero attached hydrogens (tertiary/aromatic N) is 1. The Morgan fingerprint density at radius 1 is 1.10 bits per heavy atom. The molecule has 2 aromatic rings. The van der Waals surface area contributed by atoms with Crippen LogP contribution in [0.25, 0.3) is 0 Å². The molecule has 29 heavy (non-hydrogen) atoms. The fourth-order valence-corrected chi connectivity index (χ4v) is 3.41. The Morgan fingerprint density at radius 2 is 1.83 bits per heavy atom. The molecule has 0 bridgehead atoms. The van der Waals surface area contributed by atoms with E-state index in [0.717, 1.165) is 10.0 Å². The van der Waals surface area contributed by atoms with Gasteiger partial charge in [-0.3, -0.25) is 19.4 Å². The van der Waals surface area contributed by atoms with E-state index in [2.05, 4.69) is 31.6 Å². The van der Waals surface area contributed by atoms with Gasteiger partial charge in [-0.15, -0.1) is 0 Å². The van der Waals surface area contributed by atoms with Gasteiger partial charge >= 0.3 is 0 Å². The van der Waals surface area contributed by atoms with Crippen molar-refractivity contribution in [2.45, 2.75) is 12.8 Å². The standard InChI is InChI=1S/C21H17BrClN3O3/c1-24-21(29)19-15(8-9-25-19)20(28)26-14-5-2-12(3-6-14)10-18(27)16-11-13(22)4-7-17(16)23/h2-7,9,11H,8,10H2,1H3,(H,24,29)(H,26,28). The van der Waals surface area contributed by atoms with E-state index in [-0.39, 0.29) is 23.8 Å². The third kappa shape index (κ3) is 4.99. The van der Waals surface area contributed by atoms with Crippen LogP contribution in [-0.2, 0) is 16.0 Å². The van der Waals surface area contributed by atoms with E-state index in [1.165, 1.54) is 13.3 Å². The van der Waals surface area contributed by atoms with E-state index < -0.39 is 5.91 Å². The Bertz CT molecular complexity index is 1050. The number of anilines is 1. The van der Waals surface area contributed by atoms with Crippen molar-refractivity contribution in [1.29, 1.82) is 0 Å². The molecule has 6 nitrogen and oxygen atoms in total. The molecule has 0 saturated carbocycles. The highest BCUT2D eigenvalue weighted by molar-refractivity contribution is 9.10. The monoisotopic (exact) mass is 473 g/mol. The molecule has 1 aliphatic heterocycles. The summed E-state index contributed by atoms with van der Waals surface area (Å²) in [7, 11) is 1.49. The van der Waals surface area contributed by atoms with Crippen LogP contribution >= 0.6 is 27.5 Å². The smallest absolute Gasteiger partial charge is 0.270 e. The third-order valence-corrected chi connectivity index (χ3v) is 5.15. The van der Waals surface area contributed by atoms with Crippen LogP contribution in [0.3, 0.4) is 0 Å². The molecule has 0 radical (unpaired) electrons. The minimum atomic E-state index is -0.399. The van der Waals surface area contributed by atoms with Crippen molar-refractivity contribution >= 4 is 57.0 Å². The van der Waals surface area contributed by atoms with Crippen molar-refractivity contribution in [2.75, 3.05) is 12.4 Å². The molecule has 148 valence electrons. The maximum absolute atomic E-state index is 12.5. The summed E-state index contributed by atoms with van der Waals surface area (Å²) in [4.78, 5) is 40.7. The second-order valence-corrected chi connectivity index (χ2v) is 7.62. The van der Waals surface area contributed by atoms with Crippen molar-refractivity contribution in [2.24, 2.45) is 4.99 Å². The maximum atomic E-state index is 12.5. The molecule has 0 aromatic heterocycles. The lowest BCUT2D eigenvalue weighted by Crippen LogP contribution is -2.23. The number of benzene rings is 2. The largest absolute Gasteiger partial charge is 0.354 e. The summed E-state index contributed by atoms with van der Waals surface area (Å²) in [6, 6.07) is 12.1. The zero-order chi connectivity index (χ0) is 21.0. The van der Waals surface area contributed by atoms with E-state index in [1.54, 1.807) is 42.5 Å². The average molecular weight is 475 g/mol. The Morgan fingerprint density at radius 3 is 2.52 bits per heavy atom. The van der Waals surface area contributed by atoms with Crippen LogP contribution in [0.2, 0.25) is 5.02 Å². The maximum Gasteiger partial charge on any atom is 0.270 e. The van der Waals surface area contributed by atoms with Gasteiger partial charge in [0.1, 0.15) is 5.70 Å². The van der Waals surface area contributed by atoms with Gasteiger partial charge in [-0.2, -0.15) is 0 Å². The lowest BCUT2D eigenvalue weighted by atomic mass is 10.0. The highest BCUT2D eigenvalue weighted by Crippen LogP contribution is 2.23. The Balaban J connectivity index is 1.68. The van der Waals surface area contributed by atoms with Crippen molar-refractivity contribution in [3.63, 3.8) is 0 Å². The van der Waals surface area contributed by atoms with Crippen LogP contribution in [0, 0.1) is 0 Å². The van der Waals surface area contributed by atoms with Gasteiger partial charge in [0, 0.05) is 41.8 Å². The summed E-state index contributed by atoms with van der Waals surface area (Å²) in [6.07, 6.45) is 2.01. The zero-order valence-electron chi connectivity index (χ0n) is 15.5. The molecular weight excluding hydrogens is 458 g/mol. The first-order valence-electron chi connectivity index (χ1n) is 8.75. The predicted octanol–water partition coefficient (Wildman–Crippen LogP) is 3.94. The Labute approximate surface area is 181 Å². The lowest BCUT2D eigenvalue weighted by molar-refractivity contribution is -0.118. The number of halogens is 2.